The average Bonchev–Trinajstić information content (AvgIpc) is 2.88. The molecule has 0 bridgehead atoms. The van der Waals surface area contributed by atoms with Gasteiger partial charge < -0.3 is 5.32 Å². The van der Waals surface area contributed by atoms with Crippen molar-refractivity contribution >= 4 is 21.6 Å². The smallest absolute Gasteiger partial charge is 0.0954 e. The first-order valence-corrected chi connectivity index (χ1v) is 6.73. The van der Waals surface area contributed by atoms with E-state index in [0.29, 0.717) is 6.04 Å². The lowest BCUT2D eigenvalue weighted by Crippen LogP contribution is -2.23. The first-order chi connectivity index (χ1) is 7.83. The fraction of sp³-hybridized carbons (Fsp3) is 0.462. The second-order valence-electron chi connectivity index (χ2n) is 4.53. The van der Waals surface area contributed by atoms with Crippen molar-refractivity contribution in [3.63, 3.8) is 0 Å². The molecule has 2 aromatic rings. The van der Waals surface area contributed by atoms with E-state index in [2.05, 4.69) is 30.4 Å². The number of hydrogen-bond acceptors (Lipinski definition) is 3. The summed E-state index contributed by atoms with van der Waals surface area (Å²) in [6, 6.07) is 7.08. The fourth-order valence-electron chi connectivity index (χ4n) is 2.36. The third-order valence-corrected chi connectivity index (χ3v) is 4.29. The summed E-state index contributed by atoms with van der Waals surface area (Å²) in [4.78, 5) is 4.75. The molecule has 1 aromatic carbocycles. The molecule has 3 rings (SSSR count). The van der Waals surface area contributed by atoms with Gasteiger partial charge in [0.25, 0.3) is 0 Å². The Balaban J connectivity index is 1.90. The SMILES string of the molecule is Cc1cccc2sc(CC3CCCN3)nc12. The van der Waals surface area contributed by atoms with Crippen LogP contribution in [0.2, 0.25) is 0 Å². The minimum absolute atomic E-state index is 0.654. The fourth-order valence-corrected chi connectivity index (χ4v) is 3.49. The first-order valence-electron chi connectivity index (χ1n) is 5.91. The van der Waals surface area contributed by atoms with Crippen LogP contribution in [-0.2, 0) is 6.42 Å². The normalized spacial score (nSPS) is 20.7. The van der Waals surface area contributed by atoms with Gasteiger partial charge in [0.2, 0.25) is 0 Å². The van der Waals surface area contributed by atoms with Gasteiger partial charge >= 0.3 is 0 Å². The van der Waals surface area contributed by atoms with Crippen molar-refractivity contribution in [3.8, 4) is 0 Å². The van der Waals surface area contributed by atoms with Crippen LogP contribution in [-0.4, -0.2) is 17.6 Å². The highest BCUT2D eigenvalue weighted by molar-refractivity contribution is 7.18. The number of para-hydroxylation sites is 1. The summed E-state index contributed by atoms with van der Waals surface area (Å²) in [5, 5.41) is 4.81. The second kappa shape index (κ2) is 4.15. The highest BCUT2D eigenvalue weighted by Gasteiger charge is 2.16. The Bertz CT molecular complexity index is 498. The Kier molecular flexibility index (Phi) is 2.65. The monoisotopic (exact) mass is 232 g/mol. The Morgan fingerprint density at radius 1 is 1.50 bits per heavy atom. The van der Waals surface area contributed by atoms with E-state index >= 15 is 0 Å². The number of aryl methyl sites for hydroxylation is 1. The maximum absolute atomic E-state index is 4.75. The summed E-state index contributed by atoms with van der Waals surface area (Å²) in [7, 11) is 0. The summed E-state index contributed by atoms with van der Waals surface area (Å²) in [6.07, 6.45) is 3.71. The van der Waals surface area contributed by atoms with Crippen LogP contribution >= 0.6 is 11.3 Å². The highest BCUT2D eigenvalue weighted by Crippen LogP contribution is 2.26. The van der Waals surface area contributed by atoms with Crippen LogP contribution in [0.5, 0.6) is 0 Å². The molecule has 2 heterocycles. The van der Waals surface area contributed by atoms with Crippen molar-refractivity contribution in [1.29, 1.82) is 0 Å². The van der Waals surface area contributed by atoms with Crippen LogP contribution < -0.4 is 5.32 Å². The van der Waals surface area contributed by atoms with Crippen molar-refractivity contribution in [2.45, 2.75) is 32.2 Å². The van der Waals surface area contributed by atoms with Crippen molar-refractivity contribution in [1.82, 2.24) is 10.3 Å². The number of hydrogen-bond donors (Lipinski definition) is 1. The molecule has 1 unspecified atom stereocenters. The van der Waals surface area contributed by atoms with Gasteiger partial charge in [-0.25, -0.2) is 4.98 Å². The molecule has 1 aliphatic heterocycles. The molecule has 1 N–H and O–H groups in total. The van der Waals surface area contributed by atoms with Gasteiger partial charge in [0, 0.05) is 12.5 Å². The number of aromatic nitrogens is 1. The summed E-state index contributed by atoms with van der Waals surface area (Å²) in [5.41, 5.74) is 2.49. The van der Waals surface area contributed by atoms with Crippen molar-refractivity contribution in [2.75, 3.05) is 6.54 Å². The Morgan fingerprint density at radius 2 is 2.44 bits per heavy atom. The minimum Gasteiger partial charge on any atom is -0.314 e. The molecular weight excluding hydrogens is 216 g/mol. The van der Waals surface area contributed by atoms with E-state index in [9.17, 15) is 0 Å². The van der Waals surface area contributed by atoms with E-state index < -0.39 is 0 Å². The molecule has 84 valence electrons. The molecule has 0 spiro atoms. The minimum atomic E-state index is 0.654. The number of nitrogens with zero attached hydrogens (tertiary/aromatic N) is 1. The lowest BCUT2D eigenvalue weighted by Gasteiger charge is -2.05. The van der Waals surface area contributed by atoms with E-state index in [4.69, 9.17) is 4.98 Å². The molecule has 1 atom stereocenters. The number of nitrogens with one attached hydrogen (secondary N) is 1. The van der Waals surface area contributed by atoms with E-state index in [1.165, 1.54) is 40.2 Å². The van der Waals surface area contributed by atoms with Gasteiger partial charge in [-0.05, 0) is 37.9 Å². The Hall–Kier alpha value is -0.930. The van der Waals surface area contributed by atoms with Gasteiger partial charge in [0.15, 0.2) is 0 Å². The Labute approximate surface area is 99.7 Å². The van der Waals surface area contributed by atoms with Crippen LogP contribution in [0.25, 0.3) is 10.2 Å². The maximum atomic E-state index is 4.75. The molecule has 0 radical (unpaired) electrons. The molecule has 1 aliphatic rings. The van der Waals surface area contributed by atoms with Crippen molar-refractivity contribution in [2.24, 2.45) is 0 Å². The van der Waals surface area contributed by atoms with Crippen LogP contribution in [0.3, 0.4) is 0 Å². The summed E-state index contributed by atoms with van der Waals surface area (Å²) >= 11 is 1.85. The molecule has 1 fully saturated rings. The molecule has 1 aromatic heterocycles. The van der Waals surface area contributed by atoms with Gasteiger partial charge in [-0.3, -0.25) is 0 Å². The maximum Gasteiger partial charge on any atom is 0.0954 e. The van der Waals surface area contributed by atoms with Gasteiger partial charge in [-0.2, -0.15) is 0 Å². The van der Waals surface area contributed by atoms with Crippen LogP contribution in [0.4, 0.5) is 0 Å². The largest absolute Gasteiger partial charge is 0.314 e. The van der Waals surface area contributed by atoms with Crippen LogP contribution in [0.1, 0.15) is 23.4 Å². The predicted molar refractivity (Wildman–Crippen MR) is 69.1 cm³/mol. The zero-order valence-corrected chi connectivity index (χ0v) is 10.3. The molecule has 1 saturated heterocycles. The lowest BCUT2D eigenvalue weighted by molar-refractivity contribution is 0.602. The molecule has 16 heavy (non-hydrogen) atoms. The summed E-state index contributed by atoms with van der Waals surface area (Å²) in [6.45, 7) is 3.31. The zero-order valence-electron chi connectivity index (χ0n) is 9.49. The quantitative estimate of drug-likeness (QED) is 0.861. The van der Waals surface area contributed by atoms with Crippen LogP contribution in [0, 0.1) is 6.92 Å². The van der Waals surface area contributed by atoms with Crippen LogP contribution in [0.15, 0.2) is 18.2 Å². The average molecular weight is 232 g/mol. The van der Waals surface area contributed by atoms with Gasteiger partial charge in [0.1, 0.15) is 0 Å². The second-order valence-corrected chi connectivity index (χ2v) is 5.64. The Morgan fingerprint density at radius 3 is 3.19 bits per heavy atom. The highest BCUT2D eigenvalue weighted by atomic mass is 32.1. The molecular formula is C13H16N2S. The molecule has 2 nitrogen and oxygen atoms in total. The number of rotatable bonds is 2. The number of benzene rings is 1. The summed E-state index contributed by atoms with van der Waals surface area (Å²) < 4.78 is 1.33. The molecule has 0 saturated carbocycles. The van der Waals surface area contributed by atoms with Crippen molar-refractivity contribution < 1.29 is 0 Å². The zero-order chi connectivity index (χ0) is 11.0. The third-order valence-electron chi connectivity index (χ3n) is 3.25. The van der Waals surface area contributed by atoms with E-state index in [1.54, 1.807) is 0 Å². The predicted octanol–water partition coefficient (Wildman–Crippen LogP) is 2.90. The number of fused-ring (bicyclic) bond motifs is 1. The molecule has 3 heteroatoms. The molecule has 0 aliphatic carbocycles. The topological polar surface area (TPSA) is 24.9 Å². The summed E-state index contributed by atoms with van der Waals surface area (Å²) in [5.74, 6) is 0. The third kappa shape index (κ3) is 1.85. The van der Waals surface area contributed by atoms with E-state index in [1.807, 2.05) is 11.3 Å². The lowest BCUT2D eigenvalue weighted by atomic mass is 10.2. The van der Waals surface area contributed by atoms with E-state index in [0.717, 1.165) is 6.42 Å². The van der Waals surface area contributed by atoms with E-state index in [-0.39, 0.29) is 0 Å². The number of thiazole rings is 1. The van der Waals surface area contributed by atoms with Gasteiger partial charge in [-0.1, -0.05) is 12.1 Å². The van der Waals surface area contributed by atoms with Crippen molar-refractivity contribution in [3.05, 3.63) is 28.8 Å². The first kappa shape index (κ1) is 10.2. The van der Waals surface area contributed by atoms with Gasteiger partial charge in [-0.15, -0.1) is 11.3 Å². The van der Waals surface area contributed by atoms with Gasteiger partial charge in [0.05, 0.1) is 15.2 Å². The standard InChI is InChI=1S/C13H16N2S/c1-9-4-2-6-11-13(9)15-12(16-11)8-10-5-3-7-14-10/h2,4,6,10,14H,3,5,7-8H2,1H3. The molecule has 0 amide bonds.